The number of nitrogens with two attached hydrogens (primary N) is 1. The molecule has 0 amide bonds. The van der Waals surface area contributed by atoms with Crippen LogP contribution in [0.25, 0.3) is 5.69 Å². The van der Waals surface area contributed by atoms with Crippen molar-refractivity contribution in [2.75, 3.05) is 13.7 Å². The molecular weight excluding hydrogens is 214 g/mol. The van der Waals surface area contributed by atoms with Crippen LogP contribution in [0.15, 0.2) is 30.3 Å². The highest BCUT2D eigenvalue weighted by Gasteiger charge is 2.06. The van der Waals surface area contributed by atoms with Gasteiger partial charge in [-0.3, -0.25) is 0 Å². The molecule has 1 aromatic carbocycles. The smallest absolute Gasteiger partial charge is 0.121 e. The SMILES string of the molecule is COc1cccc(-n2nc(CCN)cc2C)c1. The van der Waals surface area contributed by atoms with Gasteiger partial charge in [0.25, 0.3) is 0 Å². The first kappa shape index (κ1) is 11.7. The molecule has 90 valence electrons. The maximum atomic E-state index is 5.53. The van der Waals surface area contributed by atoms with Crippen LogP contribution in [0.4, 0.5) is 0 Å². The van der Waals surface area contributed by atoms with Gasteiger partial charge in [0.15, 0.2) is 0 Å². The molecule has 17 heavy (non-hydrogen) atoms. The van der Waals surface area contributed by atoms with Crippen LogP contribution in [-0.2, 0) is 6.42 Å². The standard InChI is InChI=1S/C13H17N3O/c1-10-8-11(6-7-14)15-16(10)12-4-3-5-13(9-12)17-2/h3-5,8-9H,6-7,14H2,1-2H3. The van der Waals surface area contributed by atoms with E-state index in [1.807, 2.05) is 35.9 Å². The Hall–Kier alpha value is -1.81. The molecule has 4 heteroatoms. The molecule has 0 aliphatic heterocycles. The number of rotatable bonds is 4. The number of aryl methyl sites for hydroxylation is 1. The van der Waals surface area contributed by atoms with E-state index in [0.29, 0.717) is 6.54 Å². The Balaban J connectivity index is 2.37. The molecule has 4 nitrogen and oxygen atoms in total. The van der Waals surface area contributed by atoms with Crippen LogP contribution in [0.5, 0.6) is 5.75 Å². The summed E-state index contributed by atoms with van der Waals surface area (Å²) < 4.78 is 7.12. The number of ether oxygens (including phenoxy) is 1. The van der Waals surface area contributed by atoms with Gasteiger partial charge in [-0.05, 0) is 31.7 Å². The Labute approximate surface area is 101 Å². The fourth-order valence-electron chi connectivity index (χ4n) is 1.81. The number of nitrogens with zero attached hydrogens (tertiary/aromatic N) is 2. The molecule has 0 aliphatic rings. The lowest BCUT2D eigenvalue weighted by molar-refractivity contribution is 0.414. The zero-order valence-electron chi connectivity index (χ0n) is 10.2. The monoisotopic (exact) mass is 231 g/mol. The van der Waals surface area contributed by atoms with Crippen molar-refractivity contribution >= 4 is 0 Å². The third-order valence-corrected chi connectivity index (χ3v) is 2.64. The summed E-state index contributed by atoms with van der Waals surface area (Å²) in [6.45, 7) is 2.65. The van der Waals surface area contributed by atoms with Crippen molar-refractivity contribution < 1.29 is 4.74 Å². The van der Waals surface area contributed by atoms with Crippen molar-refractivity contribution in [3.63, 3.8) is 0 Å². The highest BCUT2D eigenvalue weighted by Crippen LogP contribution is 2.18. The first-order chi connectivity index (χ1) is 8.24. The highest BCUT2D eigenvalue weighted by atomic mass is 16.5. The lowest BCUT2D eigenvalue weighted by atomic mass is 10.3. The van der Waals surface area contributed by atoms with Crippen LogP contribution in [0.3, 0.4) is 0 Å². The summed E-state index contributed by atoms with van der Waals surface area (Å²) in [5.74, 6) is 0.831. The molecule has 2 N–H and O–H groups in total. The Morgan fingerprint density at radius 2 is 2.18 bits per heavy atom. The number of methoxy groups -OCH3 is 1. The molecule has 1 heterocycles. The molecule has 0 saturated heterocycles. The number of hydrogen-bond donors (Lipinski definition) is 1. The molecule has 0 spiro atoms. The highest BCUT2D eigenvalue weighted by molar-refractivity contribution is 5.40. The van der Waals surface area contributed by atoms with Gasteiger partial charge in [-0.1, -0.05) is 6.07 Å². The van der Waals surface area contributed by atoms with Crippen LogP contribution >= 0.6 is 0 Å². The van der Waals surface area contributed by atoms with Gasteiger partial charge in [0.1, 0.15) is 5.75 Å². The third kappa shape index (κ3) is 2.47. The molecule has 0 unspecified atom stereocenters. The van der Waals surface area contributed by atoms with E-state index >= 15 is 0 Å². The Kier molecular flexibility index (Phi) is 3.44. The van der Waals surface area contributed by atoms with Crippen LogP contribution < -0.4 is 10.5 Å². The second kappa shape index (κ2) is 5.01. The molecule has 0 fully saturated rings. The van der Waals surface area contributed by atoms with E-state index < -0.39 is 0 Å². The largest absolute Gasteiger partial charge is 0.497 e. The molecule has 0 aliphatic carbocycles. The molecule has 1 aromatic heterocycles. The zero-order valence-corrected chi connectivity index (χ0v) is 10.2. The molecule has 2 rings (SSSR count). The van der Waals surface area contributed by atoms with E-state index in [1.54, 1.807) is 7.11 Å². The Morgan fingerprint density at radius 1 is 1.35 bits per heavy atom. The van der Waals surface area contributed by atoms with Gasteiger partial charge < -0.3 is 10.5 Å². The van der Waals surface area contributed by atoms with Gasteiger partial charge in [-0.25, -0.2) is 4.68 Å². The third-order valence-electron chi connectivity index (χ3n) is 2.64. The first-order valence-electron chi connectivity index (χ1n) is 5.64. The average Bonchev–Trinajstić information content (AvgIpc) is 2.71. The predicted molar refractivity (Wildman–Crippen MR) is 67.6 cm³/mol. The lowest BCUT2D eigenvalue weighted by Gasteiger charge is -2.06. The zero-order chi connectivity index (χ0) is 12.3. The molecule has 0 radical (unpaired) electrons. The molecule has 0 bridgehead atoms. The molecular formula is C13H17N3O. The van der Waals surface area contributed by atoms with Crippen molar-refractivity contribution in [1.29, 1.82) is 0 Å². The summed E-state index contributed by atoms with van der Waals surface area (Å²) in [4.78, 5) is 0. The summed E-state index contributed by atoms with van der Waals surface area (Å²) in [5.41, 5.74) is 8.66. The van der Waals surface area contributed by atoms with Crippen molar-refractivity contribution in [1.82, 2.24) is 9.78 Å². The molecule has 0 atom stereocenters. The minimum atomic E-state index is 0.620. The van der Waals surface area contributed by atoms with Crippen molar-refractivity contribution in [2.45, 2.75) is 13.3 Å². The first-order valence-corrected chi connectivity index (χ1v) is 5.64. The van der Waals surface area contributed by atoms with Gasteiger partial charge in [0.05, 0.1) is 18.5 Å². The Morgan fingerprint density at radius 3 is 2.88 bits per heavy atom. The summed E-state index contributed by atoms with van der Waals surface area (Å²) in [6.07, 6.45) is 0.803. The minimum absolute atomic E-state index is 0.620. The predicted octanol–water partition coefficient (Wildman–Crippen LogP) is 1.69. The van der Waals surface area contributed by atoms with Crippen LogP contribution in [0.1, 0.15) is 11.4 Å². The molecule has 0 saturated carbocycles. The number of benzene rings is 1. The fourth-order valence-corrected chi connectivity index (χ4v) is 1.81. The maximum absolute atomic E-state index is 5.53. The summed E-state index contributed by atoms with van der Waals surface area (Å²) in [6, 6.07) is 9.91. The average molecular weight is 231 g/mol. The van der Waals surface area contributed by atoms with E-state index in [9.17, 15) is 0 Å². The van der Waals surface area contributed by atoms with E-state index in [2.05, 4.69) is 11.2 Å². The quantitative estimate of drug-likeness (QED) is 0.871. The van der Waals surface area contributed by atoms with Gasteiger partial charge in [0.2, 0.25) is 0 Å². The fraction of sp³-hybridized carbons (Fsp3) is 0.308. The summed E-state index contributed by atoms with van der Waals surface area (Å²) in [7, 11) is 1.66. The van der Waals surface area contributed by atoms with Gasteiger partial charge in [-0.2, -0.15) is 5.10 Å². The van der Waals surface area contributed by atoms with Crippen LogP contribution in [0.2, 0.25) is 0 Å². The Bertz CT molecular complexity index is 505. The topological polar surface area (TPSA) is 53.1 Å². The van der Waals surface area contributed by atoms with Crippen molar-refractivity contribution in [3.05, 3.63) is 41.7 Å². The minimum Gasteiger partial charge on any atom is -0.497 e. The maximum Gasteiger partial charge on any atom is 0.121 e. The number of hydrogen-bond acceptors (Lipinski definition) is 3. The number of aromatic nitrogens is 2. The molecule has 2 aromatic rings. The van der Waals surface area contributed by atoms with Crippen molar-refractivity contribution in [2.24, 2.45) is 5.73 Å². The summed E-state index contributed by atoms with van der Waals surface area (Å²) in [5, 5.41) is 4.53. The van der Waals surface area contributed by atoms with Crippen LogP contribution in [0, 0.1) is 6.92 Å². The second-order valence-electron chi connectivity index (χ2n) is 3.93. The van der Waals surface area contributed by atoms with Gasteiger partial charge >= 0.3 is 0 Å². The summed E-state index contributed by atoms with van der Waals surface area (Å²) >= 11 is 0. The van der Waals surface area contributed by atoms with E-state index in [-0.39, 0.29) is 0 Å². The van der Waals surface area contributed by atoms with E-state index in [1.165, 1.54) is 0 Å². The van der Waals surface area contributed by atoms with E-state index in [4.69, 9.17) is 10.5 Å². The van der Waals surface area contributed by atoms with E-state index in [0.717, 1.165) is 29.2 Å². The van der Waals surface area contributed by atoms with Gasteiger partial charge in [-0.15, -0.1) is 0 Å². The lowest BCUT2D eigenvalue weighted by Crippen LogP contribution is -2.04. The van der Waals surface area contributed by atoms with Gasteiger partial charge in [0, 0.05) is 18.2 Å². The van der Waals surface area contributed by atoms with Crippen molar-refractivity contribution in [3.8, 4) is 11.4 Å². The van der Waals surface area contributed by atoms with Crippen LogP contribution in [-0.4, -0.2) is 23.4 Å². The normalized spacial score (nSPS) is 10.5. The second-order valence-corrected chi connectivity index (χ2v) is 3.93.